The number of hydrogen-bond donors (Lipinski definition) is 2. The van der Waals surface area contributed by atoms with Crippen molar-refractivity contribution in [1.29, 1.82) is 0 Å². The topological polar surface area (TPSA) is 93.8 Å². The maximum Gasteiger partial charge on any atom is 0.305 e. The Labute approximate surface area is 121 Å². The van der Waals surface area contributed by atoms with Crippen LogP contribution < -0.4 is 9.47 Å². The molecule has 1 aromatic heterocycles. The molecule has 1 aromatic carbocycles. The second kappa shape index (κ2) is 6.01. The zero-order chi connectivity index (χ0) is 15.6. The molecule has 0 saturated heterocycles. The summed E-state index contributed by atoms with van der Waals surface area (Å²) in [6, 6.07) is 3.44. The second-order valence-corrected chi connectivity index (χ2v) is 4.64. The van der Waals surface area contributed by atoms with Gasteiger partial charge in [-0.25, -0.2) is 4.98 Å². The molecule has 114 valence electrons. The Balaban J connectivity index is 2.61. The maximum absolute atomic E-state index is 10.8. The van der Waals surface area contributed by atoms with Gasteiger partial charge < -0.3 is 24.3 Å². The highest BCUT2D eigenvalue weighted by Crippen LogP contribution is 2.33. The van der Waals surface area contributed by atoms with Crippen LogP contribution in [0.4, 0.5) is 0 Å². The minimum Gasteiger partial charge on any atom is -0.493 e. The van der Waals surface area contributed by atoms with Crippen molar-refractivity contribution in [3.63, 3.8) is 0 Å². The predicted molar refractivity (Wildman–Crippen MR) is 75.7 cm³/mol. The lowest BCUT2D eigenvalue weighted by Crippen LogP contribution is -2.10. The number of methoxy groups -OCH3 is 2. The van der Waals surface area contributed by atoms with Gasteiger partial charge in [-0.15, -0.1) is 0 Å². The Morgan fingerprint density at radius 3 is 2.48 bits per heavy atom. The zero-order valence-corrected chi connectivity index (χ0v) is 12.2. The third-order valence-corrected chi connectivity index (χ3v) is 3.21. The molecular weight excluding hydrogens is 276 g/mol. The number of fused-ring (bicyclic) bond motifs is 1. The first-order valence-electron chi connectivity index (χ1n) is 6.50. The van der Waals surface area contributed by atoms with Gasteiger partial charge in [-0.2, -0.15) is 0 Å². The molecule has 0 aliphatic heterocycles. The molecule has 1 atom stereocenters. The Kier molecular flexibility index (Phi) is 4.32. The number of aliphatic hydroxyl groups is 1. The van der Waals surface area contributed by atoms with Crippen molar-refractivity contribution < 1.29 is 24.5 Å². The van der Waals surface area contributed by atoms with Crippen LogP contribution in [0.25, 0.3) is 11.0 Å². The van der Waals surface area contributed by atoms with Crippen LogP contribution in [0.2, 0.25) is 0 Å². The molecular formula is C14H18N2O5. The van der Waals surface area contributed by atoms with Crippen LogP contribution in [0, 0.1) is 0 Å². The summed E-state index contributed by atoms with van der Waals surface area (Å²) in [7, 11) is 3.05. The van der Waals surface area contributed by atoms with E-state index in [0.717, 1.165) is 0 Å². The van der Waals surface area contributed by atoms with Crippen molar-refractivity contribution in [2.75, 3.05) is 14.2 Å². The van der Waals surface area contributed by atoms with Crippen LogP contribution in [-0.4, -0.2) is 40.0 Å². The molecule has 7 heteroatoms. The van der Waals surface area contributed by atoms with E-state index in [9.17, 15) is 9.90 Å². The smallest absolute Gasteiger partial charge is 0.305 e. The number of hydrogen-bond acceptors (Lipinski definition) is 5. The first-order chi connectivity index (χ1) is 9.97. The van der Waals surface area contributed by atoms with E-state index >= 15 is 0 Å². The highest BCUT2D eigenvalue weighted by Gasteiger charge is 2.18. The third-order valence-electron chi connectivity index (χ3n) is 3.21. The van der Waals surface area contributed by atoms with Crippen molar-refractivity contribution in [2.24, 2.45) is 0 Å². The van der Waals surface area contributed by atoms with Gasteiger partial charge in [0.2, 0.25) is 0 Å². The number of nitrogens with zero attached hydrogens (tertiary/aromatic N) is 2. The van der Waals surface area contributed by atoms with Crippen molar-refractivity contribution >= 4 is 17.0 Å². The van der Waals surface area contributed by atoms with Gasteiger partial charge in [0.25, 0.3) is 0 Å². The van der Waals surface area contributed by atoms with Crippen molar-refractivity contribution in [2.45, 2.75) is 26.0 Å². The lowest BCUT2D eigenvalue weighted by atomic mass is 10.2. The van der Waals surface area contributed by atoms with E-state index in [2.05, 4.69) is 4.98 Å². The Morgan fingerprint density at radius 1 is 1.33 bits per heavy atom. The van der Waals surface area contributed by atoms with Crippen LogP contribution in [0.1, 0.15) is 25.3 Å². The number of aromatic nitrogens is 2. The van der Waals surface area contributed by atoms with E-state index < -0.39 is 12.1 Å². The highest BCUT2D eigenvalue weighted by molar-refractivity contribution is 5.81. The fourth-order valence-electron chi connectivity index (χ4n) is 2.23. The molecule has 0 radical (unpaired) electrons. The van der Waals surface area contributed by atoms with E-state index in [-0.39, 0.29) is 13.0 Å². The molecule has 7 nitrogen and oxygen atoms in total. The summed E-state index contributed by atoms with van der Waals surface area (Å²) in [6.07, 6.45) is -0.859. The lowest BCUT2D eigenvalue weighted by Gasteiger charge is -2.11. The van der Waals surface area contributed by atoms with Crippen molar-refractivity contribution in [3.8, 4) is 11.5 Å². The number of carboxylic acids is 1. The first kappa shape index (κ1) is 15.1. The average molecular weight is 294 g/mol. The molecule has 0 aliphatic rings. The predicted octanol–water partition coefficient (Wildman–Crippen LogP) is 1.58. The number of aryl methyl sites for hydroxylation is 1. The van der Waals surface area contributed by atoms with Gasteiger partial charge in [-0.1, -0.05) is 0 Å². The van der Waals surface area contributed by atoms with Gasteiger partial charge >= 0.3 is 5.97 Å². The number of carbonyl (C=O) groups is 1. The Hall–Kier alpha value is -2.28. The quantitative estimate of drug-likeness (QED) is 0.840. The van der Waals surface area contributed by atoms with E-state index in [4.69, 9.17) is 14.6 Å². The fourth-order valence-corrected chi connectivity index (χ4v) is 2.23. The molecule has 0 unspecified atom stereocenters. The molecule has 0 amide bonds. The van der Waals surface area contributed by atoms with Crippen LogP contribution in [0.15, 0.2) is 12.1 Å². The number of rotatable bonds is 6. The van der Waals surface area contributed by atoms with Crippen LogP contribution in [0.5, 0.6) is 11.5 Å². The molecule has 0 spiro atoms. The number of benzene rings is 1. The standard InChI is InChI=1S/C14H18N2O5/c1-8(17)14-15-9-6-11(20-2)12(21-3)7-10(9)16(14)5-4-13(18)19/h6-8,17H,4-5H2,1-3H3,(H,18,19)/t8-/m0/s1. The van der Waals surface area contributed by atoms with Crippen LogP contribution >= 0.6 is 0 Å². The molecule has 2 rings (SSSR count). The summed E-state index contributed by atoms with van der Waals surface area (Å²) in [5.41, 5.74) is 1.32. The Morgan fingerprint density at radius 2 is 1.95 bits per heavy atom. The van der Waals surface area contributed by atoms with Gasteiger partial charge in [-0.05, 0) is 6.92 Å². The van der Waals surface area contributed by atoms with Crippen molar-refractivity contribution in [3.05, 3.63) is 18.0 Å². The largest absolute Gasteiger partial charge is 0.493 e. The highest BCUT2D eigenvalue weighted by atomic mass is 16.5. The third kappa shape index (κ3) is 2.92. The summed E-state index contributed by atoms with van der Waals surface area (Å²) in [5.74, 6) is 0.569. The normalized spacial score (nSPS) is 12.4. The minimum absolute atomic E-state index is 0.0560. The van der Waals surface area contributed by atoms with Crippen LogP contribution in [0.3, 0.4) is 0 Å². The van der Waals surface area contributed by atoms with Gasteiger partial charge in [0.05, 0.1) is 31.7 Å². The van der Waals surface area contributed by atoms with E-state index in [1.165, 1.54) is 14.2 Å². The Bertz CT molecular complexity index is 663. The molecule has 0 fully saturated rings. The number of imidazole rings is 1. The SMILES string of the molecule is COc1cc2nc([C@H](C)O)n(CCC(=O)O)c2cc1OC. The molecule has 21 heavy (non-hydrogen) atoms. The molecule has 0 saturated carbocycles. The first-order valence-corrected chi connectivity index (χ1v) is 6.50. The second-order valence-electron chi connectivity index (χ2n) is 4.64. The molecule has 0 aliphatic carbocycles. The monoisotopic (exact) mass is 294 g/mol. The summed E-state index contributed by atoms with van der Waals surface area (Å²) in [4.78, 5) is 15.2. The molecule has 1 heterocycles. The van der Waals surface area contributed by atoms with Gasteiger partial charge in [0, 0.05) is 18.7 Å². The van der Waals surface area contributed by atoms with E-state index in [0.29, 0.717) is 28.4 Å². The molecule has 0 bridgehead atoms. The van der Waals surface area contributed by atoms with Gasteiger partial charge in [0.1, 0.15) is 11.9 Å². The summed E-state index contributed by atoms with van der Waals surface area (Å²) in [5, 5.41) is 18.7. The minimum atomic E-state index is -0.908. The average Bonchev–Trinajstić information content (AvgIpc) is 2.81. The maximum atomic E-state index is 10.8. The van der Waals surface area contributed by atoms with Gasteiger partial charge in [-0.3, -0.25) is 4.79 Å². The number of aliphatic carboxylic acids is 1. The summed E-state index contributed by atoms with van der Waals surface area (Å²) >= 11 is 0. The van der Waals surface area contributed by atoms with E-state index in [1.54, 1.807) is 23.6 Å². The van der Waals surface area contributed by atoms with Gasteiger partial charge in [0.15, 0.2) is 11.5 Å². The number of carboxylic acid groups (broad SMARTS) is 1. The number of aliphatic hydroxyl groups excluding tert-OH is 1. The zero-order valence-electron chi connectivity index (χ0n) is 12.2. The molecule has 2 N–H and O–H groups in total. The summed E-state index contributed by atoms with van der Waals surface area (Å²) < 4.78 is 12.2. The van der Waals surface area contributed by atoms with Crippen LogP contribution in [-0.2, 0) is 11.3 Å². The van der Waals surface area contributed by atoms with E-state index in [1.807, 2.05) is 0 Å². The fraction of sp³-hybridized carbons (Fsp3) is 0.429. The van der Waals surface area contributed by atoms with Crippen molar-refractivity contribution in [1.82, 2.24) is 9.55 Å². The molecule has 2 aromatic rings. The summed E-state index contributed by atoms with van der Waals surface area (Å²) in [6.45, 7) is 1.81. The number of ether oxygens (including phenoxy) is 2. The lowest BCUT2D eigenvalue weighted by molar-refractivity contribution is -0.137.